The van der Waals surface area contributed by atoms with E-state index in [0.717, 1.165) is 18.5 Å². The summed E-state index contributed by atoms with van der Waals surface area (Å²) >= 11 is 5.93. The number of halogens is 1. The molecule has 1 fully saturated rings. The molecule has 3 rings (SSSR count). The third-order valence-corrected chi connectivity index (χ3v) is 5.20. The van der Waals surface area contributed by atoms with Crippen LogP contribution in [0.1, 0.15) is 52.1 Å². The van der Waals surface area contributed by atoms with Gasteiger partial charge in [-0.3, -0.25) is 0 Å². The SMILES string of the molecule is CC(c1cn(-c2cc(Cl)nnc2N)cn1)C1CCN(C(=O)OC(C)(C)C)CC1. The number of ether oxygens (including phenoxy) is 1. The summed E-state index contributed by atoms with van der Waals surface area (Å²) < 4.78 is 7.29. The molecule has 1 saturated heterocycles. The Morgan fingerprint density at radius 3 is 2.64 bits per heavy atom. The number of nitrogens with zero attached hydrogens (tertiary/aromatic N) is 5. The van der Waals surface area contributed by atoms with Crippen LogP contribution in [0.3, 0.4) is 0 Å². The van der Waals surface area contributed by atoms with Crippen LogP contribution in [0.5, 0.6) is 0 Å². The van der Waals surface area contributed by atoms with Crippen LogP contribution in [0.2, 0.25) is 5.15 Å². The molecule has 0 spiro atoms. The van der Waals surface area contributed by atoms with Crippen LogP contribution in [0, 0.1) is 5.92 Å². The summed E-state index contributed by atoms with van der Waals surface area (Å²) in [4.78, 5) is 18.6. The fourth-order valence-corrected chi connectivity index (χ4v) is 3.57. The summed E-state index contributed by atoms with van der Waals surface area (Å²) in [6.07, 6.45) is 5.26. The Hall–Kier alpha value is -2.35. The van der Waals surface area contributed by atoms with Gasteiger partial charge in [-0.05, 0) is 39.5 Å². The molecule has 3 heterocycles. The zero-order valence-corrected chi connectivity index (χ0v) is 17.5. The number of imidazole rings is 1. The first kappa shape index (κ1) is 20.4. The Morgan fingerprint density at radius 2 is 2.00 bits per heavy atom. The van der Waals surface area contributed by atoms with Crippen molar-refractivity contribution in [3.63, 3.8) is 0 Å². The molecular weight excluding hydrogens is 380 g/mol. The summed E-state index contributed by atoms with van der Waals surface area (Å²) in [6, 6.07) is 1.67. The van der Waals surface area contributed by atoms with E-state index >= 15 is 0 Å². The minimum absolute atomic E-state index is 0.236. The number of nitrogens with two attached hydrogens (primary N) is 1. The third kappa shape index (κ3) is 4.73. The summed E-state index contributed by atoms with van der Waals surface area (Å²) in [7, 11) is 0. The van der Waals surface area contributed by atoms with Crippen LogP contribution < -0.4 is 5.73 Å². The van der Waals surface area contributed by atoms with Crippen LogP contribution >= 0.6 is 11.6 Å². The number of nitrogen functional groups attached to an aromatic ring is 1. The molecule has 9 heteroatoms. The minimum atomic E-state index is -0.472. The van der Waals surface area contributed by atoms with Gasteiger partial charge < -0.3 is 19.9 Å². The van der Waals surface area contributed by atoms with E-state index in [1.165, 1.54) is 0 Å². The van der Waals surface area contributed by atoms with E-state index in [0.29, 0.717) is 30.5 Å². The molecule has 1 aliphatic heterocycles. The fourth-order valence-electron chi connectivity index (χ4n) is 3.43. The van der Waals surface area contributed by atoms with Gasteiger partial charge in [-0.1, -0.05) is 18.5 Å². The average Bonchev–Trinajstić information content (AvgIpc) is 3.11. The lowest BCUT2D eigenvalue weighted by Crippen LogP contribution is -2.42. The van der Waals surface area contributed by atoms with Crippen molar-refractivity contribution in [2.75, 3.05) is 18.8 Å². The zero-order chi connectivity index (χ0) is 20.5. The molecule has 2 aromatic heterocycles. The fraction of sp³-hybridized carbons (Fsp3) is 0.579. The van der Waals surface area contributed by atoms with Crippen molar-refractivity contribution in [3.8, 4) is 5.69 Å². The lowest BCUT2D eigenvalue weighted by molar-refractivity contribution is 0.0175. The molecule has 1 atom stereocenters. The molecule has 0 radical (unpaired) electrons. The maximum Gasteiger partial charge on any atom is 0.410 e. The maximum atomic E-state index is 12.2. The van der Waals surface area contributed by atoms with E-state index in [-0.39, 0.29) is 17.2 Å². The molecule has 152 valence electrons. The average molecular weight is 407 g/mol. The largest absolute Gasteiger partial charge is 0.444 e. The number of carbonyl (C=O) groups is 1. The highest BCUT2D eigenvalue weighted by Crippen LogP contribution is 2.32. The highest BCUT2D eigenvalue weighted by Gasteiger charge is 2.30. The van der Waals surface area contributed by atoms with Gasteiger partial charge in [0.15, 0.2) is 11.0 Å². The Kier molecular flexibility index (Phi) is 5.79. The van der Waals surface area contributed by atoms with Gasteiger partial charge in [0.05, 0.1) is 17.7 Å². The Morgan fingerprint density at radius 1 is 1.32 bits per heavy atom. The molecule has 28 heavy (non-hydrogen) atoms. The number of hydrogen-bond acceptors (Lipinski definition) is 6. The van der Waals surface area contributed by atoms with Crippen molar-refractivity contribution >= 4 is 23.5 Å². The second-order valence-electron chi connectivity index (χ2n) is 8.24. The third-order valence-electron chi connectivity index (χ3n) is 5.02. The molecular formula is C19H27ClN6O2. The normalized spacial score (nSPS) is 16.8. The van der Waals surface area contributed by atoms with E-state index in [9.17, 15) is 4.79 Å². The van der Waals surface area contributed by atoms with Crippen LogP contribution in [-0.4, -0.2) is 49.4 Å². The van der Waals surface area contributed by atoms with E-state index in [1.807, 2.05) is 31.5 Å². The smallest absolute Gasteiger partial charge is 0.410 e. The molecule has 1 aliphatic rings. The lowest BCUT2D eigenvalue weighted by atomic mass is 9.84. The summed E-state index contributed by atoms with van der Waals surface area (Å²) in [5.41, 5.74) is 7.07. The van der Waals surface area contributed by atoms with E-state index in [1.54, 1.807) is 17.3 Å². The summed E-state index contributed by atoms with van der Waals surface area (Å²) in [5.74, 6) is 0.999. The monoisotopic (exact) mass is 406 g/mol. The zero-order valence-electron chi connectivity index (χ0n) is 16.7. The van der Waals surface area contributed by atoms with Gasteiger partial charge in [0, 0.05) is 31.3 Å². The lowest BCUT2D eigenvalue weighted by Gasteiger charge is -2.35. The highest BCUT2D eigenvalue weighted by molar-refractivity contribution is 6.29. The van der Waals surface area contributed by atoms with Gasteiger partial charge in [0.2, 0.25) is 0 Å². The van der Waals surface area contributed by atoms with Crippen molar-refractivity contribution in [2.24, 2.45) is 5.92 Å². The summed E-state index contributed by atoms with van der Waals surface area (Å²) in [6.45, 7) is 9.21. The number of amides is 1. The molecule has 0 aromatic carbocycles. The van der Waals surface area contributed by atoms with Gasteiger partial charge in [0.1, 0.15) is 5.60 Å². The van der Waals surface area contributed by atoms with Gasteiger partial charge in [-0.15, -0.1) is 10.2 Å². The number of hydrogen-bond donors (Lipinski definition) is 1. The molecule has 0 aliphatic carbocycles. The number of anilines is 1. The van der Waals surface area contributed by atoms with Crippen molar-refractivity contribution in [3.05, 3.63) is 29.4 Å². The quantitative estimate of drug-likeness (QED) is 0.835. The predicted octanol–water partition coefficient (Wildman–Crippen LogP) is 3.65. The maximum absolute atomic E-state index is 12.2. The number of piperidine rings is 1. The molecule has 8 nitrogen and oxygen atoms in total. The van der Waals surface area contributed by atoms with E-state index in [2.05, 4.69) is 22.1 Å². The molecule has 1 amide bonds. The van der Waals surface area contributed by atoms with E-state index < -0.39 is 5.60 Å². The second-order valence-corrected chi connectivity index (χ2v) is 8.62. The highest BCUT2D eigenvalue weighted by atomic mass is 35.5. The van der Waals surface area contributed by atoms with Gasteiger partial charge in [-0.25, -0.2) is 9.78 Å². The van der Waals surface area contributed by atoms with Crippen molar-refractivity contribution in [2.45, 2.75) is 52.1 Å². The molecule has 0 bridgehead atoms. The van der Waals surface area contributed by atoms with Gasteiger partial charge >= 0.3 is 6.09 Å². The van der Waals surface area contributed by atoms with Crippen LogP contribution in [-0.2, 0) is 4.74 Å². The number of carbonyl (C=O) groups excluding carboxylic acids is 1. The van der Waals surface area contributed by atoms with Gasteiger partial charge in [0.25, 0.3) is 0 Å². The second kappa shape index (κ2) is 7.95. The van der Waals surface area contributed by atoms with Crippen LogP contribution in [0.15, 0.2) is 18.6 Å². The molecule has 0 saturated carbocycles. The van der Waals surface area contributed by atoms with E-state index in [4.69, 9.17) is 22.1 Å². The number of rotatable bonds is 3. The van der Waals surface area contributed by atoms with Crippen LogP contribution in [0.4, 0.5) is 10.6 Å². The van der Waals surface area contributed by atoms with Crippen molar-refractivity contribution in [1.82, 2.24) is 24.6 Å². The topological polar surface area (TPSA) is 99.2 Å². The number of aromatic nitrogens is 4. The minimum Gasteiger partial charge on any atom is -0.444 e. The van der Waals surface area contributed by atoms with Crippen LogP contribution in [0.25, 0.3) is 5.69 Å². The van der Waals surface area contributed by atoms with Crippen molar-refractivity contribution < 1.29 is 9.53 Å². The first-order valence-corrected chi connectivity index (χ1v) is 9.82. The summed E-state index contributed by atoms with van der Waals surface area (Å²) in [5, 5.41) is 7.86. The molecule has 1 unspecified atom stereocenters. The first-order chi connectivity index (χ1) is 13.1. The van der Waals surface area contributed by atoms with Gasteiger partial charge in [-0.2, -0.15) is 0 Å². The Labute approximate surface area is 170 Å². The molecule has 2 aromatic rings. The first-order valence-electron chi connectivity index (χ1n) is 9.45. The number of likely N-dealkylation sites (tertiary alicyclic amines) is 1. The predicted molar refractivity (Wildman–Crippen MR) is 108 cm³/mol. The molecule has 2 N–H and O–H groups in total. The standard InChI is InChI=1S/C19H27ClN6O2/c1-12(13-5-7-25(8-6-13)18(27)28-19(2,3)4)14-10-26(11-22-14)15-9-16(20)23-24-17(15)21/h9-13H,5-8H2,1-4H3,(H2,21,24). The van der Waals surface area contributed by atoms with Crippen molar-refractivity contribution in [1.29, 1.82) is 0 Å². The Bertz CT molecular complexity index is 839. The Balaban J connectivity index is 1.63.